The van der Waals surface area contributed by atoms with Crippen LogP contribution in [0.4, 0.5) is 0 Å². The second kappa shape index (κ2) is 14.3. The lowest BCUT2D eigenvalue weighted by Crippen LogP contribution is -2.02. The largest absolute Gasteiger partial charge is 0.456 e. The molecule has 0 saturated carbocycles. The smallest absolute Gasteiger partial charge is 0.162 e. The van der Waals surface area contributed by atoms with Crippen LogP contribution in [0.3, 0.4) is 0 Å². The number of benzene rings is 11. The summed E-state index contributed by atoms with van der Waals surface area (Å²) in [6, 6.07) is 80.6. The molecule has 66 heavy (non-hydrogen) atoms. The molecule has 14 aromatic rings. The molecular formula is C62H37N3O. The van der Waals surface area contributed by atoms with Gasteiger partial charge in [0.05, 0.1) is 16.7 Å². The van der Waals surface area contributed by atoms with Crippen LogP contribution in [-0.2, 0) is 0 Å². The molecule has 0 amide bonds. The molecule has 0 saturated heterocycles. The van der Waals surface area contributed by atoms with Gasteiger partial charge in [-0.2, -0.15) is 0 Å². The summed E-state index contributed by atoms with van der Waals surface area (Å²) < 4.78 is 8.70. The van der Waals surface area contributed by atoms with Gasteiger partial charge < -0.3 is 4.42 Å². The number of furan rings is 1. The third-order valence-electron chi connectivity index (χ3n) is 13.6. The van der Waals surface area contributed by atoms with Crippen molar-refractivity contribution in [2.45, 2.75) is 0 Å². The second-order valence-electron chi connectivity index (χ2n) is 17.3. The Morgan fingerprint density at radius 3 is 1.70 bits per heavy atom. The molecule has 0 aliphatic rings. The topological polar surface area (TPSA) is 43.9 Å². The lowest BCUT2D eigenvalue weighted by Gasteiger charge is -2.14. The molecule has 0 N–H and O–H groups in total. The first-order chi connectivity index (χ1) is 32.7. The van der Waals surface area contributed by atoms with Gasteiger partial charge in [0.1, 0.15) is 17.0 Å². The Balaban J connectivity index is 1.06. The van der Waals surface area contributed by atoms with Crippen molar-refractivity contribution in [2.75, 3.05) is 0 Å². The van der Waals surface area contributed by atoms with E-state index in [0.29, 0.717) is 5.82 Å². The minimum Gasteiger partial charge on any atom is -0.456 e. The predicted octanol–water partition coefficient (Wildman–Crippen LogP) is 16.8. The Kier molecular flexibility index (Phi) is 7.95. The summed E-state index contributed by atoms with van der Waals surface area (Å²) in [4.78, 5) is 10.6. The lowest BCUT2D eigenvalue weighted by atomic mass is 9.91. The van der Waals surface area contributed by atoms with Gasteiger partial charge in [-0.15, -0.1) is 0 Å². The van der Waals surface area contributed by atoms with Crippen molar-refractivity contribution < 1.29 is 4.42 Å². The van der Waals surface area contributed by atoms with Crippen LogP contribution < -0.4 is 0 Å². The monoisotopic (exact) mass is 839 g/mol. The number of fused-ring (bicyclic) bond motifs is 13. The maximum atomic E-state index is 6.35. The third-order valence-corrected chi connectivity index (χ3v) is 13.6. The van der Waals surface area contributed by atoms with Crippen LogP contribution in [0.25, 0.3) is 138 Å². The van der Waals surface area contributed by atoms with Gasteiger partial charge in [-0.1, -0.05) is 170 Å². The van der Waals surface area contributed by atoms with Crippen molar-refractivity contribution in [3.8, 4) is 50.7 Å². The standard InChI is InChI=1S/C62H37N3O/c1-3-15-39(16-4-1)56-37-61(64-62(63-56)40-17-5-2-6-18-40)65-57-31-28-43(45-24-13-19-38-14-7-8-20-44(38)45)33-54(57)55-35-52-47-22-10-9-21-46(47)51-32-41(26-29-48(51)53(52)36-58(55)65)42-27-30-50-49-23-11-12-25-59(49)66-60(50)34-42/h1-37H. The molecule has 0 aliphatic carbocycles. The van der Waals surface area contributed by atoms with Crippen molar-refractivity contribution in [1.82, 2.24) is 14.5 Å². The van der Waals surface area contributed by atoms with Gasteiger partial charge in [-0.3, -0.25) is 4.57 Å². The van der Waals surface area contributed by atoms with E-state index in [-0.39, 0.29) is 0 Å². The van der Waals surface area contributed by atoms with E-state index in [1.165, 1.54) is 65.0 Å². The summed E-state index contributed by atoms with van der Waals surface area (Å²) in [6.07, 6.45) is 0. The van der Waals surface area contributed by atoms with Crippen LogP contribution in [0, 0.1) is 0 Å². The van der Waals surface area contributed by atoms with E-state index >= 15 is 0 Å². The molecule has 3 aromatic heterocycles. The number of para-hydroxylation sites is 1. The minimum atomic E-state index is 0.680. The maximum Gasteiger partial charge on any atom is 0.162 e. The lowest BCUT2D eigenvalue weighted by molar-refractivity contribution is 0.669. The number of nitrogens with zero attached hydrogens (tertiary/aromatic N) is 3. The molecule has 306 valence electrons. The Hall–Kier alpha value is -8.86. The highest BCUT2D eigenvalue weighted by Gasteiger charge is 2.21. The molecule has 14 rings (SSSR count). The molecule has 3 heterocycles. The van der Waals surface area contributed by atoms with E-state index in [1.54, 1.807) is 0 Å². The quantitative estimate of drug-likeness (QED) is 0.162. The molecule has 0 fully saturated rings. The summed E-state index contributed by atoms with van der Waals surface area (Å²) in [5, 5.41) is 14.3. The summed E-state index contributed by atoms with van der Waals surface area (Å²) in [5.41, 5.74) is 11.5. The zero-order valence-corrected chi connectivity index (χ0v) is 35.6. The Morgan fingerprint density at radius 1 is 0.303 bits per heavy atom. The van der Waals surface area contributed by atoms with E-state index < -0.39 is 0 Å². The molecule has 4 heteroatoms. The molecule has 4 nitrogen and oxygen atoms in total. The van der Waals surface area contributed by atoms with Crippen LogP contribution in [0.1, 0.15) is 0 Å². The van der Waals surface area contributed by atoms with Gasteiger partial charge in [0, 0.05) is 38.7 Å². The zero-order valence-electron chi connectivity index (χ0n) is 35.6. The zero-order chi connectivity index (χ0) is 43.3. The van der Waals surface area contributed by atoms with E-state index in [1.807, 2.05) is 36.4 Å². The fourth-order valence-electron chi connectivity index (χ4n) is 10.5. The van der Waals surface area contributed by atoms with E-state index in [4.69, 9.17) is 14.4 Å². The van der Waals surface area contributed by atoms with Gasteiger partial charge in [0.25, 0.3) is 0 Å². The minimum absolute atomic E-state index is 0.680. The van der Waals surface area contributed by atoms with Crippen molar-refractivity contribution in [3.05, 3.63) is 224 Å². The van der Waals surface area contributed by atoms with Gasteiger partial charge in [0.15, 0.2) is 5.82 Å². The molecule has 0 aliphatic heterocycles. The van der Waals surface area contributed by atoms with Crippen molar-refractivity contribution in [1.29, 1.82) is 0 Å². The normalized spacial score (nSPS) is 11.9. The number of hydrogen-bond acceptors (Lipinski definition) is 3. The predicted molar refractivity (Wildman–Crippen MR) is 275 cm³/mol. The van der Waals surface area contributed by atoms with Crippen LogP contribution in [0.2, 0.25) is 0 Å². The van der Waals surface area contributed by atoms with Crippen LogP contribution >= 0.6 is 0 Å². The molecule has 0 atom stereocenters. The average Bonchev–Trinajstić information content (AvgIpc) is 3.93. The van der Waals surface area contributed by atoms with Crippen molar-refractivity contribution in [3.63, 3.8) is 0 Å². The summed E-state index contributed by atoms with van der Waals surface area (Å²) >= 11 is 0. The SMILES string of the molecule is c1ccc(-c2cc(-n3c4ccc(-c5cccc6ccccc56)cc4c4cc5c6ccccc6c6cc(-c7ccc8c(c7)oc7ccccc78)ccc6c5cc43)nc(-c3ccccc3)n2)cc1. The van der Waals surface area contributed by atoms with E-state index in [2.05, 4.69) is 193 Å². The van der Waals surface area contributed by atoms with Gasteiger partial charge >= 0.3 is 0 Å². The van der Waals surface area contributed by atoms with E-state index in [9.17, 15) is 0 Å². The molecule has 0 spiro atoms. The third kappa shape index (κ3) is 5.65. The van der Waals surface area contributed by atoms with Crippen molar-refractivity contribution >= 4 is 86.8 Å². The van der Waals surface area contributed by atoms with Crippen LogP contribution in [0.15, 0.2) is 229 Å². The van der Waals surface area contributed by atoms with Crippen LogP contribution in [-0.4, -0.2) is 14.5 Å². The summed E-state index contributed by atoms with van der Waals surface area (Å²) in [7, 11) is 0. The van der Waals surface area contributed by atoms with Gasteiger partial charge in [-0.05, 0) is 114 Å². The molecule has 0 unspecified atom stereocenters. The average molecular weight is 840 g/mol. The number of rotatable bonds is 5. The first kappa shape index (κ1) is 36.6. The number of hydrogen-bond donors (Lipinski definition) is 0. The maximum absolute atomic E-state index is 6.35. The van der Waals surface area contributed by atoms with Crippen molar-refractivity contribution in [2.24, 2.45) is 0 Å². The number of aromatic nitrogens is 3. The Bertz CT molecular complexity index is 4220. The second-order valence-corrected chi connectivity index (χ2v) is 17.3. The Labute approximate surface area is 379 Å². The van der Waals surface area contributed by atoms with Gasteiger partial charge in [-0.25, -0.2) is 9.97 Å². The van der Waals surface area contributed by atoms with Crippen LogP contribution in [0.5, 0.6) is 0 Å². The van der Waals surface area contributed by atoms with Gasteiger partial charge in [0.2, 0.25) is 0 Å². The summed E-state index contributed by atoms with van der Waals surface area (Å²) in [5.74, 6) is 1.49. The highest BCUT2D eigenvalue weighted by Crippen LogP contribution is 2.44. The Morgan fingerprint density at radius 2 is 0.879 bits per heavy atom. The fraction of sp³-hybridized carbons (Fsp3) is 0. The first-order valence-corrected chi connectivity index (χ1v) is 22.5. The van der Waals surface area contributed by atoms with E-state index in [0.717, 1.165) is 66.7 Å². The highest BCUT2D eigenvalue weighted by molar-refractivity contribution is 6.29. The molecular weight excluding hydrogens is 803 g/mol. The fourth-order valence-corrected chi connectivity index (χ4v) is 10.5. The first-order valence-electron chi connectivity index (χ1n) is 22.5. The molecule has 0 bridgehead atoms. The summed E-state index contributed by atoms with van der Waals surface area (Å²) in [6.45, 7) is 0. The molecule has 0 radical (unpaired) electrons. The molecule has 11 aromatic carbocycles. The highest BCUT2D eigenvalue weighted by atomic mass is 16.3.